The lowest BCUT2D eigenvalue weighted by atomic mass is 10.4. The Balaban J connectivity index is 2.39. The number of nitrogens with one attached hydrogen (secondary N) is 1. The number of H-pyrrole nitrogens is 1. The van der Waals surface area contributed by atoms with Crippen molar-refractivity contribution in [2.75, 3.05) is 0 Å². The maximum atomic E-state index is 10.5. The number of hydrogen-bond acceptors (Lipinski definition) is 3. The zero-order valence-electron chi connectivity index (χ0n) is 6.52. The quantitative estimate of drug-likeness (QED) is 0.766. The lowest BCUT2D eigenvalue weighted by Gasteiger charge is -1.88. The fourth-order valence-corrected chi connectivity index (χ4v) is 1.68. The van der Waals surface area contributed by atoms with Crippen LogP contribution in [0.5, 0.6) is 0 Å². The van der Waals surface area contributed by atoms with E-state index in [0.717, 1.165) is 10.6 Å². The van der Waals surface area contributed by atoms with Crippen molar-refractivity contribution < 1.29 is 9.90 Å². The highest BCUT2D eigenvalue weighted by Crippen LogP contribution is 2.22. The molecule has 66 valence electrons. The van der Waals surface area contributed by atoms with Gasteiger partial charge in [0.05, 0.1) is 16.8 Å². The highest BCUT2D eigenvalue weighted by atomic mass is 32.1. The molecule has 2 aromatic rings. The molecule has 0 aliphatic rings. The molecule has 0 fully saturated rings. The van der Waals surface area contributed by atoms with Crippen molar-refractivity contribution in [3.8, 4) is 10.6 Å². The number of aromatic carboxylic acids is 1. The molecule has 0 aliphatic heterocycles. The Morgan fingerprint density at radius 1 is 1.62 bits per heavy atom. The Hall–Kier alpha value is -1.62. The van der Waals surface area contributed by atoms with Crippen molar-refractivity contribution in [2.24, 2.45) is 0 Å². The summed E-state index contributed by atoms with van der Waals surface area (Å²) in [6.45, 7) is 0. The zero-order chi connectivity index (χ0) is 9.26. The molecule has 0 aromatic carbocycles. The van der Waals surface area contributed by atoms with Gasteiger partial charge in [-0.15, -0.1) is 11.3 Å². The molecule has 0 atom stereocenters. The topological polar surface area (TPSA) is 66.0 Å². The van der Waals surface area contributed by atoms with Crippen LogP contribution >= 0.6 is 11.3 Å². The molecule has 0 spiro atoms. The third-order valence-electron chi connectivity index (χ3n) is 1.57. The molecule has 13 heavy (non-hydrogen) atoms. The maximum absolute atomic E-state index is 10.5. The van der Waals surface area contributed by atoms with Crippen LogP contribution in [0.3, 0.4) is 0 Å². The number of carbonyl (C=O) groups is 1. The van der Waals surface area contributed by atoms with Gasteiger partial charge >= 0.3 is 5.97 Å². The Kier molecular flexibility index (Phi) is 1.86. The zero-order valence-corrected chi connectivity index (χ0v) is 7.34. The van der Waals surface area contributed by atoms with Crippen LogP contribution < -0.4 is 0 Å². The highest BCUT2D eigenvalue weighted by Gasteiger charge is 2.08. The van der Waals surface area contributed by atoms with E-state index in [9.17, 15) is 4.79 Å². The summed E-state index contributed by atoms with van der Waals surface area (Å²) in [5.74, 6) is -1.06. The lowest BCUT2D eigenvalue weighted by Crippen LogP contribution is -1.97. The summed E-state index contributed by atoms with van der Waals surface area (Å²) in [5, 5.41) is 10.5. The van der Waals surface area contributed by atoms with Gasteiger partial charge in [0.1, 0.15) is 0 Å². The van der Waals surface area contributed by atoms with Gasteiger partial charge in [-0.2, -0.15) is 0 Å². The second-order valence-corrected chi connectivity index (χ2v) is 3.38. The fraction of sp³-hybridized carbons (Fsp3) is 0. The van der Waals surface area contributed by atoms with Crippen LogP contribution in [0, 0.1) is 0 Å². The number of nitrogens with zero attached hydrogens (tertiary/aromatic N) is 1. The first-order valence-corrected chi connectivity index (χ1v) is 4.47. The molecule has 0 aliphatic carbocycles. The van der Waals surface area contributed by atoms with Gasteiger partial charge in [0.2, 0.25) is 5.82 Å². The SMILES string of the molecule is O=C(O)c1ncc(-c2cccs2)[nH]1. The number of carboxylic acid groups (broad SMARTS) is 1. The fourth-order valence-electron chi connectivity index (χ4n) is 0.987. The summed E-state index contributed by atoms with van der Waals surface area (Å²) in [5.41, 5.74) is 0.743. The van der Waals surface area contributed by atoms with Crippen LogP contribution in [0.1, 0.15) is 10.6 Å². The summed E-state index contributed by atoms with van der Waals surface area (Å²) in [4.78, 5) is 17.9. The predicted molar refractivity (Wildman–Crippen MR) is 48.9 cm³/mol. The molecule has 2 rings (SSSR count). The standard InChI is InChI=1S/C8H6N2O2S/c11-8(12)7-9-4-5(10-7)6-2-1-3-13-6/h1-4H,(H,9,10)(H,11,12). The van der Waals surface area contributed by atoms with E-state index in [1.165, 1.54) is 17.5 Å². The monoisotopic (exact) mass is 194 g/mol. The summed E-state index contributed by atoms with van der Waals surface area (Å²) in [6, 6.07) is 3.81. The molecule has 0 saturated heterocycles. The van der Waals surface area contributed by atoms with Crippen molar-refractivity contribution in [3.05, 3.63) is 29.5 Å². The molecule has 0 amide bonds. The first-order valence-electron chi connectivity index (χ1n) is 3.59. The van der Waals surface area contributed by atoms with E-state index in [-0.39, 0.29) is 5.82 Å². The van der Waals surface area contributed by atoms with E-state index < -0.39 is 5.97 Å². The third-order valence-corrected chi connectivity index (χ3v) is 2.47. The van der Waals surface area contributed by atoms with Crippen molar-refractivity contribution in [1.29, 1.82) is 0 Å². The number of hydrogen-bond donors (Lipinski definition) is 2. The molecular formula is C8H6N2O2S. The number of aromatic nitrogens is 2. The van der Waals surface area contributed by atoms with E-state index >= 15 is 0 Å². The van der Waals surface area contributed by atoms with E-state index in [1.54, 1.807) is 0 Å². The van der Waals surface area contributed by atoms with Gasteiger partial charge < -0.3 is 10.1 Å². The maximum Gasteiger partial charge on any atom is 0.371 e. The van der Waals surface area contributed by atoms with Gasteiger partial charge in [0.15, 0.2) is 0 Å². The smallest absolute Gasteiger partial charge is 0.371 e. The minimum absolute atomic E-state index is 0.0246. The largest absolute Gasteiger partial charge is 0.475 e. The normalized spacial score (nSPS) is 10.2. The molecule has 2 N–H and O–H groups in total. The average molecular weight is 194 g/mol. The molecule has 5 heteroatoms. The van der Waals surface area contributed by atoms with E-state index in [4.69, 9.17) is 5.11 Å². The Labute approximate surface area is 77.9 Å². The minimum atomic E-state index is -1.04. The van der Waals surface area contributed by atoms with Crippen molar-refractivity contribution in [1.82, 2.24) is 9.97 Å². The first-order chi connectivity index (χ1) is 6.27. The second-order valence-electron chi connectivity index (χ2n) is 2.43. The molecule has 0 unspecified atom stereocenters. The number of imidazole rings is 1. The lowest BCUT2D eigenvalue weighted by molar-refractivity contribution is 0.0685. The molecule has 0 radical (unpaired) electrons. The number of carboxylic acids is 1. The third kappa shape index (κ3) is 1.46. The molecule has 2 heterocycles. The Morgan fingerprint density at radius 2 is 2.46 bits per heavy atom. The molecule has 0 saturated carbocycles. The van der Waals surface area contributed by atoms with Gasteiger partial charge in [-0.25, -0.2) is 9.78 Å². The van der Waals surface area contributed by atoms with Crippen LogP contribution in [0.2, 0.25) is 0 Å². The van der Waals surface area contributed by atoms with Crippen LogP contribution in [-0.2, 0) is 0 Å². The average Bonchev–Trinajstić information content (AvgIpc) is 2.75. The van der Waals surface area contributed by atoms with Crippen LogP contribution in [0.4, 0.5) is 0 Å². The van der Waals surface area contributed by atoms with E-state index in [1.807, 2.05) is 17.5 Å². The van der Waals surface area contributed by atoms with Gasteiger partial charge in [-0.3, -0.25) is 0 Å². The van der Waals surface area contributed by atoms with E-state index in [0.29, 0.717) is 0 Å². The van der Waals surface area contributed by atoms with Crippen molar-refractivity contribution in [3.63, 3.8) is 0 Å². The summed E-state index contributed by atoms with van der Waals surface area (Å²) in [7, 11) is 0. The van der Waals surface area contributed by atoms with E-state index in [2.05, 4.69) is 9.97 Å². The van der Waals surface area contributed by atoms with Crippen LogP contribution in [-0.4, -0.2) is 21.0 Å². The Bertz CT molecular complexity index is 419. The predicted octanol–water partition coefficient (Wildman–Crippen LogP) is 1.84. The number of rotatable bonds is 2. The highest BCUT2D eigenvalue weighted by molar-refractivity contribution is 7.13. The first kappa shape index (κ1) is 8.00. The summed E-state index contributed by atoms with van der Waals surface area (Å²) in [6.07, 6.45) is 1.52. The van der Waals surface area contributed by atoms with Crippen molar-refractivity contribution in [2.45, 2.75) is 0 Å². The minimum Gasteiger partial charge on any atom is -0.475 e. The molecule has 2 aromatic heterocycles. The number of aromatic amines is 1. The van der Waals surface area contributed by atoms with Gasteiger partial charge in [0, 0.05) is 0 Å². The summed E-state index contributed by atoms with van der Waals surface area (Å²) < 4.78 is 0. The van der Waals surface area contributed by atoms with Gasteiger partial charge in [0.25, 0.3) is 0 Å². The van der Waals surface area contributed by atoms with Crippen molar-refractivity contribution >= 4 is 17.3 Å². The van der Waals surface area contributed by atoms with Gasteiger partial charge in [-0.1, -0.05) is 6.07 Å². The second kappa shape index (κ2) is 3.02. The summed E-state index contributed by atoms with van der Waals surface area (Å²) >= 11 is 1.54. The number of thiophene rings is 1. The molecule has 4 nitrogen and oxygen atoms in total. The Morgan fingerprint density at radius 3 is 3.00 bits per heavy atom. The molecular weight excluding hydrogens is 188 g/mol. The van der Waals surface area contributed by atoms with Crippen LogP contribution in [0.25, 0.3) is 10.6 Å². The molecule has 0 bridgehead atoms. The van der Waals surface area contributed by atoms with Crippen LogP contribution in [0.15, 0.2) is 23.7 Å². The van der Waals surface area contributed by atoms with Gasteiger partial charge in [-0.05, 0) is 11.4 Å².